The van der Waals surface area contributed by atoms with Crippen molar-refractivity contribution in [1.82, 2.24) is 13.9 Å². The van der Waals surface area contributed by atoms with Gasteiger partial charge in [-0.25, -0.2) is 17.8 Å². The van der Waals surface area contributed by atoms with E-state index in [2.05, 4.69) is 20.9 Å². The van der Waals surface area contributed by atoms with Gasteiger partial charge in [0.1, 0.15) is 16.5 Å². The molecule has 0 saturated carbocycles. The Kier molecular flexibility index (Phi) is 4.26. The first kappa shape index (κ1) is 15.1. The van der Waals surface area contributed by atoms with E-state index in [-0.39, 0.29) is 11.4 Å². The fraction of sp³-hybridized carbons (Fsp3) is 0.250. The largest absolute Gasteiger partial charge is 0.337 e. The Bertz CT molecular complexity index is 730. The third kappa shape index (κ3) is 2.92. The van der Waals surface area contributed by atoms with Crippen LogP contribution < -0.4 is 0 Å². The first-order valence-corrected chi connectivity index (χ1v) is 7.93. The van der Waals surface area contributed by atoms with Gasteiger partial charge in [-0.3, -0.25) is 0 Å². The molecular formula is C12H13BrFN3O2S. The zero-order valence-electron chi connectivity index (χ0n) is 10.9. The van der Waals surface area contributed by atoms with Crippen LogP contribution in [0.2, 0.25) is 0 Å². The first-order chi connectivity index (χ1) is 9.32. The molecule has 1 aromatic heterocycles. The van der Waals surface area contributed by atoms with E-state index in [0.717, 1.165) is 10.4 Å². The minimum atomic E-state index is -3.90. The molecule has 0 N–H and O–H groups in total. The summed E-state index contributed by atoms with van der Waals surface area (Å²) in [6.07, 6.45) is 3.30. The van der Waals surface area contributed by atoms with E-state index < -0.39 is 15.8 Å². The van der Waals surface area contributed by atoms with Gasteiger partial charge in [-0.15, -0.1) is 0 Å². The van der Waals surface area contributed by atoms with E-state index in [1.165, 1.54) is 19.2 Å². The van der Waals surface area contributed by atoms with Crippen LogP contribution in [0.15, 0.2) is 40.0 Å². The van der Waals surface area contributed by atoms with Crippen molar-refractivity contribution < 1.29 is 12.8 Å². The van der Waals surface area contributed by atoms with Crippen molar-refractivity contribution in [2.45, 2.75) is 11.4 Å². The summed E-state index contributed by atoms with van der Waals surface area (Å²) >= 11 is 3.10. The van der Waals surface area contributed by atoms with E-state index in [1.807, 2.05) is 0 Å². The lowest BCUT2D eigenvalue weighted by Crippen LogP contribution is -2.28. The summed E-state index contributed by atoms with van der Waals surface area (Å²) in [6, 6.07) is 3.86. The molecule has 0 radical (unpaired) electrons. The molecule has 0 saturated heterocycles. The lowest BCUT2D eigenvalue weighted by atomic mass is 10.3. The Morgan fingerprint density at radius 1 is 1.45 bits per heavy atom. The van der Waals surface area contributed by atoms with Gasteiger partial charge in [-0.1, -0.05) is 15.9 Å². The number of hydrogen-bond acceptors (Lipinski definition) is 3. The second-order valence-corrected chi connectivity index (χ2v) is 7.22. The minimum absolute atomic E-state index is 0.0708. The van der Waals surface area contributed by atoms with Crippen LogP contribution in [0, 0.1) is 5.82 Å². The van der Waals surface area contributed by atoms with E-state index in [9.17, 15) is 12.8 Å². The van der Waals surface area contributed by atoms with Gasteiger partial charge >= 0.3 is 0 Å². The molecule has 0 fully saturated rings. The Morgan fingerprint density at radius 2 is 2.15 bits per heavy atom. The predicted octanol–water partition coefficient (Wildman–Crippen LogP) is 2.14. The Labute approximate surface area is 125 Å². The first-order valence-electron chi connectivity index (χ1n) is 5.70. The maximum absolute atomic E-state index is 13.8. The van der Waals surface area contributed by atoms with Gasteiger partial charge in [-0.05, 0) is 18.2 Å². The summed E-state index contributed by atoms with van der Waals surface area (Å²) in [6.45, 7) is 0.0708. The number of aryl methyl sites for hydroxylation is 1. The molecule has 0 bridgehead atoms. The Balaban J connectivity index is 2.32. The zero-order chi connectivity index (χ0) is 14.9. The average molecular weight is 362 g/mol. The molecule has 0 amide bonds. The molecule has 0 spiro atoms. The number of rotatable bonds is 4. The maximum atomic E-state index is 13.8. The molecule has 0 unspecified atom stereocenters. The van der Waals surface area contributed by atoms with Crippen molar-refractivity contribution in [2.75, 3.05) is 7.05 Å². The number of halogens is 2. The Morgan fingerprint density at radius 3 is 2.70 bits per heavy atom. The third-order valence-electron chi connectivity index (χ3n) is 2.87. The van der Waals surface area contributed by atoms with Crippen molar-refractivity contribution in [3.05, 3.63) is 46.7 Å². The predicted molar refractivity (Wildman–Crippen MR) is 76.0 cm³/mol. The van der Waals surface area contributed by atoms with Gasteiger partial charge in [0, 0.05) is 31.0 Å². The summed E-state index contributed by atoms with van der Waals surface area (Å²) in [4.78, 5) is 3.71. The van der Waals surface area contributed by atoms with Crippen LogP contribution in [0.1, 0.15) is 5.82 Å². The molecule has 0 aliphatic rings. The van der Waals surface area contributed by atoms with Gasteiger partial charge in [0.05, 0.1) is 6.54 Å². The van der Waals surface area contributed by atoms with Gasteiger partial charge in [0.15, 0.2) is 0 Å². The monoisotopic (exact) mass is 361 g/mol. The van der Waals surface area contributed by atoms with Gasteiger partial charge in [0.2, 0.25) is 10.0 Å². The van der Waals surface area contributed by atoms with E-state index in [0.29, 0.717) is 10.3 Å². The Hall–Kier alpha value is -1.25. The van der Waals surface area contributed by atoms with Crippen molar-refractivity contribution >= 4 is 26.0 Å². The third-order valence-corrected chi connectivity index (χ3v) is 5.20. The van der Waals surface area contributed by atoms with Gasteiger partial charge in [0.25, 0.3) is 0 Å². The van der Waals surface area contributed by atoms with Crippen molar-refractivity contribution in [3.63, 3.8) is 0 Å². The number of benzene rings is 1. The zero-order valence-corrected chi connectivity index (χ0v) is 13.3. The van der Waals surface area contributed by atoms with Crippen LogP contribution in [0.5, 0.6) is 0 Å². The van der Waals surface area contributed by atoms with Crippen molar-refractivity contribution in [1.29, 1.82) is 0 Å². The average Bonchev–Trinajstić information content (AvgIpc) is 2.74. The molecule has 2 aromatic rings. The molecule has 0 atom stereocenters. The number of aromatic nitrogens is 2. The second kappa shape index (κ2) is 5.63. The summed E-state index contributed by atoms with van der Waals surface area (Å²) in [5, 5.41) is 0. The van der Waals surface area contributed by atoms with E-state index in [4.69, 9.17) is 0 Å². The van der Waals surface area contributed by atoms with Gasteiger partial charge < -0.3 is 4.57 Å². The topological polar surface area (TPSA) is 55.2 Å². The van der Waals surface area contributed by atoms with Crippen LogP contribution in [-0.2, 0) is 23.6 Å². The van der Waals surface area contributed by atoms with Gasteiger partial charge in [-0.2, -0.15) is 4.31 Å². The normalized spacial score (nSPS) is 12.1. The quantitative estimate of drug-likeness (QED) is 0.838. The van der Waals surface area contributed by atoms with E-state index >= 15 is 0 Å². The fourth-order valence-electron chi connectivity index (χ4n) is 1.69. The highest BCUT2D eigenvalue weighted by atomic mass is 79.9. The molecule has 8 heteroatoms. The number of sulfonamides is 1. The maximum Gasteiger partial charge on any atom is 0.246 e. The minimum Gasteiger partial charge on any atom is -0.337 e. The molecular weight excluding hydrogens is 349 g/mol. The lowest BCUT2D eigenvalue weighted by Gasteiger charge is -2.17. The summed E-state index contributed by atoms with van der Waals surface area (Å²) in [5.41, 5.74) is 0. The summed E-state index contributed by atoms with van der Waals surface area (Å²) < 4.78 is 41.7. The molecule has 1 aromatic carbocycles. The number of hydrogen-bond donors (Lipinski definition) is 0. The molecule has 2 rings (SSSR count). The molecule has 108 valence electrons. The summed E-state index contributed by atoms with van der Waals surface area (Å²) in [5.74, 6) is -0.209. The fourth-order valence-corrected chi connectivity index (χ4v) is 3.18. The van der Waals surface area contributed by atoms with Crippen LogP contribution in [0.3, 0.4) is 0 Å². The van der Waals surface area contributed by atoms with Crippen LogP contribution in [0.4, 0.5) is 4.39 Å². The highest BCUT2D eigenvalue weighted by Crippen LogP contribution is 2.22. The lowest BCUT2D eigenvalue weighted by molar-refractivity contribution is 0.445. The molecule has 1 heterocycles. The molecule has 0 aliphatic carbocycles. The van der Waals surface area contributed by atoms with Crippen molar-refractivity contribution in [3.8, 4) is 0 Å². The highest BCUT2D eigenvalue weighted by molar-refractivity contribution is 9.10. The summed E-state index contributed by atoms with van der Waals surface area (Å²) in [7, 11) is -0.734. The molecule has 0 aliphatic heterocycles. The van der Waals surface area contributed by atoms with Crippen LogP contribution in [0.25, 0.3) is 0 Å². The smallest absolute Gasteiger partial charge is 0.246 e. The number of imidazole rings is 1. The second-order valence-electron chi connectivity index (χ2n) is 4.29. The van der Waals surface area contributed by atoms with E-state index in [1.54, 1.807) is 24.0 Å². The van der Waals surface area contributed by atoms with Crippen LogP contribution in [-0.4, -0.2) is 29.3 Å². The standard InChI is InChI=1S/C12H13BrFN3O2S/c1-16-6-5-15-12(16)8-17(2)20(18,19)11-4-3-9(13)7-10(11)14/h3-7H,8H2,1-2H3. The van der Waals surface area contributed by atoms with Crippen molar-refractivity contribution in [2.24, 2.45) is 7.05 Å². The number of nitrogens with zero attached hydrogens (tertiary/aromatic N) is 3. The molecule has 5 nitrogen and oxygen atoms in total. The van der Waals surface area contributed by atoms with Crippen LogP contribution >= 0.6 is 15.9 Å². The highest BCUT2D eigenvalue weighted by Gasteiger charge is 2.25. The molecule has 20 heavy (non-hydrogen) atoms. The SMILES string of the molecule is CN(Cc1nccn1C)S(=O)(=O)c1ccc(Br)cc1F.